The summed E-state index contributed by atoms with van der Waals surface area (Å²) >= 11 is 6.15. The highest BCUT2D eigenvalue weighted by Gasteiger charge is 2.08. The third-order valence-electron chi connectivity index (χ3n) is 3.20. The number of carbonyl (C=O) groups excluding carboxylic acids is 1. The first-order valence-electron chi connectivity index (χ1n) is 6.69. The summed E-state index contributed by atoms with van der Waals surface area (Å²) in [5.41, 5.74) is 7.80. The quantitative estimate of drug-likeness (QED) is 0.802. The van der Waals surface area contributed by atoms with Crippen LogP contribution < -0.4 is 10.5 Å². The number of primary amides is 1. The number of pyridine rings is 1. The van der Waals surface area contributed by atoms with Gasteiger partial charge in [-0.25, -0.2) is 0 Å². The molecule has 0 radical (unpaired) electrons. The summed E-state index contributed by atoms with van der Waals surface area (Å²) < 4.78 is 5.34. The minimum absolute atomic E-state index is 0.187. The van der Waals surface area contributed by atoms with Crippen LogP contribution in [0.25, 0.3) is 22.0 Å². The molecule has 22 heavy (non-hydrogen) atoms. The summed E-state index contributed by atoms with van der Waals surface area (Å²) in [6, 6.07) is 15.1. The minimum atomic E-state index is -0.534. The topological polar surface area (TPSA) is 65.2 Å². The summed E-state index contributed by atoms with van der Waals surface area (Å²) in [4.78, 5) is 15.3. The number of nitrogens with zero attached hydrogens (tertiary/aromatic N) is 1. The van der Waals surface area contributed by atoms with E-state index in [1.807, 2.05) is 42.5 Å². The van der Waals surface area contributed by atoms with Crippen molar-refractivity contribution in [3.63, 3.8) is 0 Å². The van der Waals surface area contributed by atoms with E-state index in [1.54, 1.807) is 12.3 Å². The molecule has 0 saturated heterocycles. The van der Waals surface area contributed by atoms with Gasteiger partial charge in [-0.05, 0) is 29.8 Å². The van der Waals surface area contributed by atoms with E-state index >= 15 is 0 Å². The molecular weight excluding hydrogens is 300 g/mol. The number of para-hydroxylation sites is 1. The number of amides is 1. The molecule has 5 heteroatoms. The van der Waals surface area contributed by atoms with Gasteiger partial charge in [0.25, 0.3) is 5.91 Å². The Morgan fingerprint density at radius 3 is 2.82 bits per heavy atom. The molecule has 0 atom stereocenters. The summed E-state index contributed by atoms with van der Waals surface area (Å²) in [6.45, 7) is -0.187. The first-order valence-corrected chi connectivity index (χ1v) is 7.07. The van der Waals surface area contributed by atoms with Crippen molar-refractivity contribution in [2.45, 2.75) is 0 Å². The van der Waals surface area contributed by atoms with Crippen molar-refractivity contribution in [1.29, 1.82) is 0 Å². The van der Waals surface area contributed by atoms with Gasteiger partial charge in [0.2, 0.25) is 0 Å². The molecule has 1 amide bonds. The Morgan fingerprint density at radius 1 is 1.18 bits per heavy atom. The van der Waals surface area contributed by atoms with Gasteiger partial charge < -0.3 is 10.5 Å². The average molecular weight is 313 g/mol. The van der Waals surface area contributed by atoms with Crippen LogP contribution in [0.2, 0.25) is 5.02 Å². The fourth-order valence-corrected chi connectivity index (χ4v) is 2.52. The van der Waals surface area contributed by atoms with Crippen molar-refractivity contribution in [3.05, 3.63) is 59.8 Å². The lowest BCUT2D eigenvalue weighted by Crippen LogP contribution is -2.20. The van der Waals surface area contributed by atoms with Gasteiger partial charge in [-0.3, -0.25) is 9.78 Å². The van der Waals surface area contributed by atoms with E-state index in [-0.39, 0.29) is 6.61 Å². The van der Waals surface area contributed by atoms with Crippen LogP contribution in [0.3, 0.4) is 0 Å². The molecule has 3 rings (SSSR count). The van der Waals surface area contributed by atoms with E-state index in [4.69, 9.17) is 22.1 Å². The fourth-order valence-electron chi connectivity index (χ4n) is 2.29. The fraction of sp³-hybridized carbons (Fsp3) is 0.0588. The third kappa shape index (κ3) is 3.02. The molecule has 0 aliphatic heterocycles. The van der Waals surface area contributed by atoms with E-state index in [0.29, 0.717) is 10.8 Å². The van der Waals surface area contributed by atoms with Gasteiger partial charge in [0.15, 0.2) is 6.61 Å². The Balaban J connectivity index is 2.08. The number of nitrogens with two attached hydrogens (primary N) is 1. The first kappa shape index (κ1) is 14.4. The molecule has 2 N–H and O–H groups in total. The van der Waals surface area contributed by atoms with Gasteiger partial charge >= 0.3 is 0 Å². The minimum Gasteiger partial charge on any atom is -0.484 e. The van der Waals surface area contributed by atoms with Crippen LogP contribution in [0.5, 0.6) is 5.75 Å². The molecule has 0 bridgehead atoms. The highest BCUT2D eigenvalue weighted by Crippen LogP contribution is 2.32. The average Bonchev–Trinajstić information content (AvgIpc) is 2.52. The maximum atomic E-state index is 10.8. The molecule has 2 aromatic carbocycles. The number of hydrogen-bond donors (Lipinski definition) is 1. The Labute approximate surface area is 132 Å². The van der Waals surface area contributed by atoms with Gasteiger partial charge in [-0.15, -0.1) is 0 Å². The predicted molar refractivity (Wildman–Crippen MR) is 86.9 cm³/mol. The lowest BCUT2D eigenvalue weighted by atomic mass is 10.0. The smallest absolute Gasteiger partial charge is 0.255 e. The summed E-state index contributed by atoms with van der Waals surface area (Å²) in [6.07, 6.45) is 1.75. The summed E-state index contributed by atoms with van der Waals surface area (Å²) in [7, 11) is 0. The van der Waals surface area contributed by atoms with Crippen molar-refractivity contribution in [3.8, 4) is 16.9 Å². The van der Waals surface area contributed by atoms with Gasteiger partial charge in [-0.1, -0.05) is 35.9 Å². The second-order valence-electron chi connectivity index (χ2n) is 4.81. The molecule has 0 fully saturated rings. The summed E-state index contributed by atoms with van der Waals surface area (Å²) in [5, 5.41) is 1.56. The van der Waals surface area contributed by atoms with Crippen molar-refractivity contribution >= 4 is 28.4 Å². The molecular formula is C17H13ClN2O2. The van der Waals surface area contributed by atoms with Crippen molar-refractivity contribution in [1.82, 2.24) is 4.98 Å². The van der Waals surface area contributed by atoms with Crippen LogP contribution in [0.1, 0.15) is 0 Å². The molecule has 0 unspecified atom stereocenters. The number of rotatable bonds is 4. The van der Waals surface area contributed by atoms with Gasteiger partial charge in [0.1, 0.15) is 5.75 Å². The Bertz CT molecular complexity index is 844. The van der Waals surface area contributed by atoms with Crippen LogP contribution in [0, 0.1) is 0 Å². The normalized spacial score (nSPS) is 10.6. The number of halogens is 1. The van der Waals surface area contributed by atoms with Gasteiger partial charge in [0, 0.05) is 22.2 Å². The largest absolute Gasteiger partial charge is 0.484 e. The van der Waals surface area contributed by atoms with Crippen molar-refractivity contribution in [2.24, 2.45) is 5.73 Å². The summed E-state index contributed by atoms with van der Waals surface area (Å²) in [5.74, 6) is -0.0393. The Kier molecular flexibility index (Phi) is 3.94. The second-order valence-corrected chi connectivity index (χ2v) is 5.25. The zero-order chi connectivity index (χ0) is 15.5. The molecule has 4 nitrogen and oxygen atoms in total. The monoisotopic (exact) mass is 312 g/mol. The van der Waals surface area contributed by atoms with Crippen molar-refractivity contribution < 1.29 is 9.53 Å². The number of carbonyl (C=O) groups is 1. The number of aromatic nitrogens is 1. The zero-order valence-corrected chi connectivity index (χ0v) is 12.4. The third-order valence-corrected chi connectivity index (χ3v) is 3.41. The van der Waals surface area contributed by atoms with Gasteiger partial charge in [-0.2, -0.15) is 0 Å². The standard InChI is InChI=1S/C17H13ClN2O2/c18-13-7-12(8-14(9-13)22-10-16(19)21)15-5-1-3-11-4-2-6-20-17(11)15/h1-9H,10H2,(H2,19,21). The highest BCUT2D eigenvalue weighted by molar-refractivity contribution is 6.31. The number of hydrogen-bond acceptors (Lipinski definition) is 3. The Morgan fingerprint density at radius 2 is 2.00 bits per heavy atom. The number of ether oxygens (including phenoxy) is 1. The molecule has 3 aromatic rings. The zero-order valence-electron chi connectivity index (χ0n) is 11.6. The van der Waals surface area contributed by atoms with Crippen LogP contribution in [-0.2, 0) is 4.79 Å². The van der Waals surface area contributed by atoms with Crippen LogP contribution in [0.15, 0.2) is 54.7 Å². The van der Waals surface area contributed by atoms with E-state index in [1.165, 1.54) is 0 Å². The van der Waals surface area contributed by atoms with Crippen LogP contribution in [0.4, 0.5) is 0 Å². The number of fused-ring (bicyclic) bond motifs is 1. The lowest BCUT2D eigenvalue weighted by molar-refractivity contribution is -0.119. The van der Waals surface area contributed by atoms with Gasteiger partial charge in [0.05, 0.1) is 5.52 Å². The number of benzene rings is 2. The molecule has 0 aliphatic rings. The molecule has 0 saturated carbocycles. The lowest BCUT2D eigenvalue weighted by Gasteiger charge is -2.10. The van der Waals surface area contributed by atoms with Crippen LogP contribution in [-0.4, -0.2) is 17.5 Å². The molecule has 0 aliphatic carbocycles. The van der Waals surface area contributed by atoms with E-state index in [2.05, 4.69) is 4.98 Å². The van der Waals surface area contributed by atoms with E-state index < -0.39 is 5.91 Å². The Hall–Kier alpha value is -2.59. The maximum Gasteiger partial charge on any atom is 0.255 e. The molecule has 1 aromatic heterocycles. The maximum absolute atomic E-state index is 10.8. The molecule has 110 valence electrons. The molecule has 1 heterocycles. The van der Waals surface area contributed by atoms with Crippen molar-refractivity contribution in [2.75, 3.05) is 6.61 Å². The van der Waals surface area contributed by atoms with E-state index in [0.717, 1.165) is 22.0 Å². The molecule has 0 spiro atoms. The van der Waals surface area contributed by atoms with E-state index in [9.17, 15) is 4.79 Å². The predicted octanol–water partition coefficient (Wildman–Crippen LogP) is 3.42. The highest BCUT2D eigenvalue weighted by atomic mass is 35.5. The first-order chi connectivity index (χ1) is 10.6. The van der Waals surface area contributed by atoms with Crippen LogP contribution >= 0.6 is 11.6 Å². The second kappa shape index (κ2) is 6.03. The SMILES string of the molecule is NC(=O)COc1cc(Cl)cc(-c2cccc3cccnc23)c1.